The van der Waals surface area contributed by atoms with Crippen LogP contribution in [0.4, 0.5) is 0 Å². The predicted octanol–water partition coefficient (Wildman–Crippen LogP) is 1.79. The molecule has 0 aromatic carbocycles. The Labute approximate surface area is 126 Å². The summed E-state index contributed by atoms with van der Waals surface area (Å²) in [6, 6.07) is 0. The first-order valence-electron chi connectivity index (χ1n) is 6.79. The minimum absolute atomic E-state index is 0.493. The summed E-state index contributed by atoms with van der Waals surface area (Å²) in [5.41, 5.74) is 7.10. The number of nitrogens with zero attached hydrogens (tertiary/aromatic N) is 3. The number of amidine groups is 1. The van der Waals surface area contributed by atoms with Crippen molar-refractivity contribution in [2.75, 3.05) is 32.7 Å². The van der Waals surface area contributed by atoms with Crippen LogP contribution in [0.15, 0.2) is 34.2 Å². The first-order valence-corrected chi connectivity index (χ1v) is 8.16. The number of aliphatic imine (C=N–C) groups is 2. The van der Waals surface area contributed by atoms with Crippen LogP contribution in [0.2, 0.25) is 0 Å². The van der Waals surface area contributed by atoms with Crippen molar-refractivity contribution >= 4 is 20.5 Å². The highest BCUT2D eigenvalue weighted by Gasteiger charge is 2.21. The fourth-order valence-corrected chi connectivity index (χ4v) is 3.01. The minimum atomic E-state index is -0.883. The highest BCUT2D eigenvalue weighted by molar-refractivity contribution is 7.47. The van der Waals surface area contributed by atoms with Crippen LogP contribution in [-0.2, 0) is 13.8 Å². The van der Waals surface area contributed by atoms with Crippen molar-refractivity contribution in [1.82, 2.24) is 4.90 Å². The maximum absolute atomic E-state index is 5.80. The molecule has 0 aliphatic carbocycles. The largest absolute Gasteiger partial charge is 0.400 e. The van der Waals surface area contributed by atoms with Crippen molar-refractivity contribution in [3.05, 3.63) is 24.2 Å². The molecule has 21 heavy (non-hydrogen) atoms. The van der Waals surface area contributed by atoms with E-state index in [9.17, 15) is 0 Å². The fourth-order valence-electron chi connectivity index (χ4n) is 1.84. The zero-order valence-electron chi connectivity index (χ0n) is 12.2. The monoisotopic (exact) mass is 312 g/mol. The van der Waals surface area contributed by atoms with Crippen LogP contribution >= 0.6 is 8.38 Å². The van der Waals surface area contributed by atoms with Gasteiger partial charge < -0.3 is 24.4 Å². The predicted molar refractivity (Wildman–Crippen MR) is 84.0 cm³/mol. The van der Waals surface area contributed by atoms with Crippen molar-refractivity contribution in [2.24, 2.45) is 15.7 Å². The van der Waals surface area contributed by atoms with Gasteiger partial charge in [-0.25, -0.2) is 9.98 Å². The molecule has 0 atom stereocenters. The number of nitrogens with two attached hydrogens (primary N) is 1. The van der Waals surface area contributed by atoms with Gasteiger partial charge >= 0.3 is 0 Å². The SMILES string of the molecule is C=C/N=C1\C(=C(/C)N)N=CN1CCOCP1OCCCO1. The lowest BCUT2D eigenvalue weighted by Crippen LogP contribution is -2.30. The molecule has 2 aliphatic rings. The van der Waals surface area contributed by atoms with Gasteiger partial charge in [0.05, 0.1) is 26.2 Å². The van der Waals surface area contributed by atoms with E-state index in [0.717, 1.165) is 19.6 Å². The maximum Gasteiger partial charge on any atom is 0.198 e. The lowest BCUT2D eigenvalue weighted by molar-refractivity contribution is 0.125. The molecule has 0 saturated carbocycles. The summed E-state index contributed by atoms with van der Waals surface area (Å²) in [4.78, 5) is 10.4. The van der Waals surface area contributed by atoms with E-state index in [-0.39, 0.29) is 0 Å². The first kappa shape index (κ1) is 16.1. The molecule has 2 N–H and O–H groups in total. The standard InChI is InChI=1S/C13H21N4O3P/c1-3-15-13-12(11(2)14)16-9-17(13)5-8-18-10-21-19-6-4-7-20-21/h3,9H,1,4-8,10,14H2,2H3/b12-11-,15-13+. The van der Waals surface area contributed by atoms with Gasteiger partial charge in [-0.2, -0.15) is 0 Å². The summed E-state index contributed by atoms with van der Waals surface area (Å²) in [5.74, 6) is 0.699. The Balaban J connectivity index is 1.77. The third-order valence-electron chi connectivity index (χ3n) is 2.83. The Morgan fingerprint density at radius 1 is 1.62 bits per heavy atom. The van der Waals surface area contributed by atoms with E-state index in [1.165, 1.54) is 6.20 Å². The van der Waals surface area contributed by atoms with Gasteiger partial charge in [0.1, 0.15) is 12.0 Å². The number of hydrogen-bond donors (Lipinski definition) is 1. The van der Waals surface area contributed by atoms with Gasteiger partial charge in [0, 0.05) is 18.4 Å². The third kappa shape index (κ3) is 4.61. The van der Waals surface area contributed by atoms with Gasteiger partial charge in [-0.15, -0.1) is 0 Å². The first-order chi connectivity index (χ1) is 10.2. The highest BCUT2D eigenvalue weighted by atomic mass is 31.2. The Morgan fingerprint density at radius 3 is 3.05 bits per heavy atom. The molecule has 0 unspecified atom stereocenters. The average Bonchev–Trinajstić information content (AvgIpc) is 2.88. The van der Waals surface area contributed by atoms with Crippen LogP contribution in [0, 0.1) is 0 Å². The molecule has 0 bridgehead atoms. The van der Waals surface area contributed by atoms with Crippen molar-refractivity contribution in [3.63, 3.8) is 0 Å². The number of rotatable bonds is 6. The smallest absolute Gasteiger partial charge is 0.198 e. The van der Waals surface area contributed by atoms with E-state index in [2.05, 4.69) is 16.6 Å². The molecule has 2 aliphatic heterocycles. The molecule has 2 rings (SSSR count). The Hall–Kier alpha value is -1.27. The van der Waals surface area contributed by atoms with Crippen LogP contribution in [0.1, 0.15) is 13.3 Å². The molecule has 116 valence electrons. The van der Waals surface area contributed by atoms with E-state index < -0.39 is 8.38 Å². The third-order valence-corrected chi connectivity index (χ3v) is 4.16. The molecule has 0 radical (unpaired) electrons. The summed E-state index contributed by atoms with van der Waals surface area (Å²) in [7, 11) is -0.883. The van der Waals surface area contributed by atoms with Gasteiger partial charge in [0.2, 0.25) is 0 Å². The molecule has 0 aromatic heterocycles. The van der Waals surface area contributed by atoms with E-state index >= 15 is 0 Å². The number of hydrogen-bond acceptors (Lipinski definition) is 6. The van der Waals surface area contributed by atoms with Gasteiger partial charge in [-0.05, 0) is 13.3 Å². The van der Waals surface area contributed by atoms with Gasteiger partial charge in [0.15, 0.2) is 14.2 Å². The molecule has 0 amide bonds. The second-order valence-corrected chi connectivity index (χ2v) is 5.94. The van der Waals surface area contributed by atoms with Crippen molar-refractivity contribution in [3.8, 4) is 0 Å². The summed E-state index contributed by atoms with van der Waals surface area (Å²) in [6.45, 7) is 8.10. The van der Waals surface area contributed by atoms with Crippen LogP contribution in [0.5, 0.6) is 0 Å². The molecule has 8 heteroatoms. The maximum atomic E-state index is 5.80. The summed E-state index contributed by atoms with van der Waals surface area (Å²) >= 11 is 0. The van der Waals surface area contributed by atoms with Crippen molar-refractivity contribution in [2.45, 2.75) is 13.3 Å². The van der Waals surface area contributed by atoms with E-state index in [1.54, 1.807) is 13.3 Å². The van der Waals surface area contributed by atoms with Crippen LogP contribution in [0.25, 0.3) is 0 Å². The highest BCUT2D eigenvalue weighted by Crippen LogP contribution is 2.40. The second kappa shape index (κ2) is 8.24. The van der Waals surface area contributed by atoms with Gasteiger partial charge in [0.25, 0.3) is 0 Å². The zero-order valence-corrected chi connectivity index (χ0v) is 13.1. The van der Waals surface area contributed by atoms with Crippen LogP contribution in [-0.4, -0.2) is 49.8 Å². The second-order valence-electron chi connectivity index (χ2n) is 4.49. The quantitative estimate of drug-likeness (QED) is 0.597. The van der Waals surface area contributed by atoms with Crippen LogP contribution in [0.3, 0.4) is 0 Å². The molecule has 2 heterocycles. The minimum Gasteiger partial charge on any atom is -0.400 e. The zero-order chi connectivity index (χ0) is 15.1. The normalized spacial score (nSPS) is 23.9. The molecule has 7 nitrogen and oxygen atoms in total. The Kier molecular flexibility index (Phi) is 6.32. The van der Waals surface area contributed by atoms with E-state index in [0.29, 0.717) is 36.7 Å². The topological polar surface area (TPSA) is 81.7 Å². The Bertz CT molecular complexity index is 454. The molecule has 0 spiro atoms. The Morgan fingerprint density at radius 2 is 2.38 bits per heavy atom. The van der Waals surface area contributed by atoms with Crippen molar-refractivity contribution < 1.29 is 13.8 Å². The summed E-state index contributed by atoms with van der Waals surface area (Å²) in [6.07, 6.45) is 4.63. The van der Waals surface area contributed by atoms with Crippen LogP contribution < -0.4 is 5.73 Å². The average molecular weight is 312 g/mol. The molecular formula is C13H21N4O3P. The van der Waals surface area contributed by atoms with Gasteiger partial charge in [-0.1, -0.05) is 6.58 Å². The van der Waals surface area contributed by atoms with E-state index in [4.69, 9.17) is 19.5 Å². The fraction of sp³-hybridized carbons (Fsp3) is 0.538. The summed E-state index contributed by atoms with van der Waals surface area (Å²) < 4.78 is 16.6. The van der Waals surface area contributed by atoms with Gasteiger partial charge in [-0.3, -0.25) is 0 Å². The lowest BCUT2D eigenvalue weighted by atomic mass is 10.3. The van der Waals surface area contributed by atoms with E-state index in [1.807, 2.05) is 4.90 Å². The number of allylic oxidation sites excluding steroid dienone is 1. The number of ether oxygens (including phenoxy) is 1. The lowest BCUT2D eigenvalue weighted by Gasteiger charge is -2.22. The molecule has 1 saturated heterocycles. The van der Waals surface area contributed by atoms with Crippen molar-refractivity contribution in [1.29, 1.82) is 0 Å². The summed E-state index contributed by atoms with van der Waals surface area (Å²) in [5, 5.41) is 0. The molecular weight excluding hydrogens is 291 g/mol. The molecule has 1 fully saturated rings. The molecule has 0 aromatic rings.